The average molecular weight is 477 g/mol. The quantitative estimate of drug-likeness (QED) is 0.399. The molecule has 6 heteroatoms. The molecule has 0 saturated carbocycles. The Balaban J connectivity index is 1.21. The molecular formula is C30H25FN4O. The molecule has 0 spiro atoms. The van der Waals surface area contributed by atoms with Crippen molar-refractivity contribution in [2.75, 3.05) is 11.9 Å². The Bertz CT molecular complexity index is 1410. The maximum Gasteiger partial charge on any atom is 0.274 e. The summed E-state index contributed by atoms with van der Waals surface area (Å²) < 4.78 is 13.1. The van der Waals surface area contributed by atoms with Gasteiger partial charge in [0, 0.05) is 31.5 Å². The van der Waals surface area contributed by atoms with Gasteiger partial charge >= 0.3 is 0 Å². The summed E-state index contributed by atoms with van der Waals surface area (Å²) in [7, 11) is 0. The van der Waals surface area contributed by atoms with Gasteiger partial charge in [-0.2, -0.15) is 5.26 Å². The average Bonchev–Trinajstić information content (AvgIpc) is 2.90. The number of aromatic nitrogens is 1. The minimum absolute atomic E-state index is 0.256. The molecule has 0 bridgehead atoms. The van der Waals surface area contributed by atoms with Crippen molar-refractivity contribution in [2.24, 2.45) is 0 Å². The van der Waals surface area contributed by atoms with E-state index in [4.69, 9.17) is 5.26 Å². The van der Waals surface area contributed by atoms with Crippen LogP contribution in [-0.4, -0.2) is 22.3 Å². The highest BCUT2D eigenvalue weighted by Gasteiger charge is 2.18. The van der Waals surface area contributed by atoms with Gasteiger partial charge in [0.2, 0.25) is 0 Å². The third-order valence-corrected chi connectivity index (χ3v) is 6.42. The normalized spacial score (nSPS) is 13.0. The molecule has 0 aliphatic carbocycles. The summed E-state index contributed by atoms with van der Waals surface area (Å²) >= 11 is 0. The van der Waals surface area contributed by atoms with Crippen LogP contribution in [-0.2, 0) is 25.9 Å². The van der Waals surface area contributed by atoms with Crippen LogP contribution in [0.5, 0.6) is 0 Å². The number of carbonyl (C=O) groups excluding carboxylic acids is 1. The van der Waals surface area contributed by atoms with Gasteiger partial charge in [-0.25, -0.2) is 4.39 Å². The summed E-state index contributed by atoms with van der Waals surface area (Å²) in [6.07, 6.45) is 3.27. The molecule has 36 heavy (non-hydrogen) atoms. The highest BCUT2D eigenvalue weighted by molar-refractivity contribution is 6.02. The molecule has 1 aliphatic rings. The lowest BCUT2D eigenvalue weighted by Crippen LogP contribution is -2.30. The fraction of sp³-hybridized carbons (Fsp3) is 0.167. The SMILES string of the molecule is N#Cc1ccc(CN2CCc3ccc(NC(=O)c4ccc(Cc5ccc(F)cc5)cn4)cc3C2)cc1. The van der Waals surface area contributed by atoms with E-state index in [0.717, 1.165) is 42.9 Å². The Hall–Kier alpha value is -4.34. The van der Waals surface area contributed by atoms with E-state index in [9.17, 15) is 9.18 Å². The fourth-order valence-electron chi connectivity index (χ4n) is 4.47. The van der Waals surface area contributed by atoms with Crippen LogP contribution in [0.2, 0.25) is 0 Å². The first kappa shape index (κ1) is 23.4. The van der Waals surface area contributed by atoms with Crippen LogP contribution < -0.4 is 5.32 Å². The van der Waals surface area contributed by atoms with E-state index in [2.05, 4.69) is 27.3 Å². The number of carbonyl (C=O) groups is 1. The Morgan fingerprint density at radius 1 is 0.944 bits per heavy atom. The minimum atomic E-state index is -0.259. The highest BCUT2D eigenvalue weighted by atomic mass is 19.1. The molecule has 5 nitrogen and oxygen atoms in total. The van der Waals surface area contributed by atoms with Crippen molar-refractivity contribution in [1.29, 1.82) is 5.26 Å². The number of fused-ring (bicyclic) bond motifs is 1. The van der Waals surface area contributed by atoms with Gasteiger partial charge in [-0.05, 0) is 83.1 Å². The van der Waals surface area contributed by atoms with E-state index >= 15 is 0 Å². The summed E-state index contributed by atoms with van der Waals surface area (Å²) in [6, 6.07) is 25.9. The fourth-order valence-corrected chi connectivity index (χ4v) is 4.47. The molecule has 0 radical (unpaired) electrons. The minimum Gasteiger partial charge on any atom is -0.321 e. The molecule has 0 unspecified atom stereocenters. The lowest BCUT2D eigenvalue weighted by atomic mass is 9.98. The van der Waals surface area contributed by atoms with E-state index in [1.54, 1.807) is 24.4 Å². The number of nitriles is 1. The number of amides is 1. The van der Waals surface area contributed by atoms with Crippen molar-refractivity contribution in [3.63, 3.8) is 0 Å². The van der Waals surface area contributed by atoms with Crippen molar-refractivity contribution in [1.82, 2.24) is 9.88 Å². The van der Waals surface area contributed by atoms with Crippen molar-refractivity contribution in [3.8, 4) is 6.07 Å². The molecule has 1 aliphatic heterocycles. The molecule has 1 aromatic heterocycles. The van der Waals surface area contributed by atoms with E-state index < -0.39 is 0 Å². The summed E-state index contributed by atoms with van der Waals surface area (Å²) in [6.45, 7) is 2.58. The first-order valence-electron chi connectivity index (χ1n) is 11.9. The molecule has 1 N–H and O–H groups in total. The molecule has 4 aromatic rings. The Labute approximate surface area is 209 Å². The van der Waals surface area contributed by atoms with Crippen molar-refractivity contribution in [3.05, 3.63) is 130 Å². The highest BCUT2D eigenvalue weighted by Crippen LogP contribution is 2.24. The van der Waals surface area contributed by atoms with Crippen molar-refractivity contribution >= 4 is 11.6 Å². The lowest BCUT2D eigenvalue weighted by Gasteiger charge is -2.29. The van der Waals surface area contributed by atoms with Crippen molar-refractivity contribution in [2.45, 2.75) is 25.9 Å². The third kappa shape index (κ3) is 5.65. The Kier molecular flexibility index (Phi) is 6.83. The summed E-state index contributed by atoms with van der Waals surface area (Å²) in [5, 5.41) is 12.0. The Morgan fingerprint density at radius 3 is 2.42 bits per heavy atom. The topological polar surface area (TPSA) is 69.0 Å². The Morgan fingerprint density at radius 2 is 1.69 bits per heavy atom. The van der Waals surface area contributed by atoms with Crippen LogP contribution in [0.15, 0.2) is 85.1 Å². The van der Waals surface area contributed by atoms with Gasteiger partial charge in [0.15, 0.2) is 0 Å². The molecule has 0 saturated heterocycles. The zero-order valence-electron chi connectivity index (χ0n) is 19.7. The predicted molar refractivity (Wildman–Crippen MR) is 137 cm³/mol. The number of hydrogen-bond acceptors (Lipinski definition) is 4. The number of anilines is 1. The molecule has 5 rings (SSSR count). The van der Waals surface area contributed by atoms with Crippen LogP contribution >= 0.6 is 0 Å². The monoisotopic (exact) mass is 476 g/mol. The number of nitrogens with one attached hydrogen (secondary N) is 1. The molecular weight excluding hydrogens is 451 g/mol. The second-order valence-corrected chi connectivity index (χ2v) is 9.06. The number of halogens is 1. The largest absolute Gasteiger partial charge is 0.321 e. The predicted octanol–water partition coefficient (Wildman–Crippen LogP) is 5.49. The first-order valence-corrected chi connectivity index (χ1v) is 11.9. The molecule has 3 aromatic carbocycles. The van der Waals surface area contributed by atoms with Gasteiger partial charge in [-0.3, -0.25) is 14.7 Å². The maximum atomic E-state index is 13.1. The second-order valence-electron chi connectivity index (χ2n) is 9.06. The zero-order valence-corrected chi connectivity index (χ0v) is 19.7. The van der Waals surface area contributed by atoms with Gasteiger partial charge in [-0.15, -0.1) is 0 Å². The molecule has 1 amide bonds. The lowest BCUT2D eigenvalue weighted by molar-refractivity contribution is 0.102. The van der Waals surface area contributed by atoms with Gasteiger partial charge in [0.05, 0.1) is 11.6 Å². The second kappa shape index (κ2) is 10.5. The molecule has 178 valence electrons. The number of hydrogen-bond donors (Lipinski definition) is 1. The maximum absolute atomic E-state index is 13.1. The van der Waals surface area contributed by atoms with Crippen LogP contribution in [0, 0.1) is 17.1 Å². The molecule has 2 heterocycles. The van der Waals surface area contributed by atoms with E-state index in [1.807, 2.05) is 42.5 Å². The first-order chi connectivity index (χ1) is 17.6. The van der Waals surface area contributed by atoms with Gasteiger partial charge in [0.25, 0.3) is 5.91 Å². The molecule has 0 atom stereocenters. The summed E-state index contributed by atoms with van der Waals surface area (Å²) in [4.78, 5) is 19.5. The van der Waals surface area contributed by atoms with E-state index in [0.29, 0.717) is 17.7 Å². The van der Waals surface area contributed by atoms with Crippen molar-refractivity contribution < 1.29 is 9.18 Å². The van der Waals surface area contributed by atoms with Crippen LogP contribution in [0.3, 0.4) is 0 Å². The number of benzene rings is 3. The number of nitrogens with zero attached hydrogens (tertiary/aromatic N) is 3. The van der Waals surface area contributed by atoms with E-state index in [1.165, 1.54) is 28.8 Å². The van der Waals surface area contributed by atoms with Crippen LogP contribution in [0.1, 0.15) is 43.9 Å². The smallest absolute Gasteiger partial charge is 0.274 e. The van der Waals surface area contributed by atoms with Gasteiger partial charge < -0.3 is 5.32 Å². The summed E-state index contributed by atoms with van der Waals surface area (Å²) in [5.41, 5.74) is 7.37. The standard InChI is InChI=1S/C30H25FN4O/c31-27-9-5-21(6-10-27)15-24-7-12-29(33-18-24)30(36)34-28-11-8-25-13-14-35(20-26(25)16-28)19-23-3-1-22(17-32)2-4-23/h1-12,16,18H,13-15,19-20H2,(H,34,36). The number of rotatable bonds is 6. The zero-order chi connectivity index (χ0) is 24.9. The van der Waals surface area contributed by atoms with Crippen LogP contribution in [0.4, 0.5) is 10.1 Å². The third-order valence-electron chi connectivity index (χ3n) is 6.42. The van der Waals surface area contributed by atoms with Gasteiger partial charge in [0.1, 0.15) is 11.5 Å². The van der Waals surface area contributed by atoms with E-state index in [-0.39, 0.29) is 11.7 Å². The summed E-state index contributed by atoms with van der Waals surface area (Å²) in [5.74, 6) is -0.515. The van der Waals surface area contributed by atoms with Crippen LogP contribution in [0.25, 0.3) is 0 Å². The number of pyridine rings is 1. The van der Waals surface area contributed by atoms with Gasteiger partial charge in [-0.1, -0.05) is 36.4 Å². The molecule has 0 fully saturated rings.